The number of carbonyl (C=O) groups excluding carboxylic acids is 6. The van der Waals surface area contributed by atoms with Gasteiger partial charge in [-0.2, -0.15) is 0 Å². The van der Waals surface area contributed by atoms with E-state index in [1.165, 1.54) is 6.08 Å². The van der Waals surface area contributed by atoms with Gasteiger partial charge in [-0.1, -0.05) is 60.0 Å². The van der Waals surface area contributed by atoms with Crippen LogP contribution in [0.3, 0.4) is 0 Å². The number of carbonyl (C=O) groups is 6. The summed E-state index contributed by atoms with van der Waals surface area (Å²) in [5.74, 6) is -2.43. The molecule has 1 unspecified atom stereocenters. The summed E-state index contributed by atoms with van der Waals surface area (Å²) in [5, 5.41) is 6.28. The molecule has 0 spiro atoms. The average Bonchev–Trinajstić information content (AvgIpc) is 2.49. The van der Waals surface area contributed by atoms with Gasteiger partial charge in [-0.25, -0.2) is 14.4 Å². The van der Waals surface area contributed by atoms with Gasteiger partial charge in [-0.15, -0.1) is 0 Å². The van der Waals surface area contributed by atoms with Crippen LogP contribution < -0.4 is 10.6 Å². The van der Waals surface area contributed by atoms with Gasteiger partial charge >= 0.3 is 71.0 Å². The summed E-state index contributed by atoms with van der Waals surface area (Å²) in [5.41, 5.74) is 0. The molecule has 548 valence electrons. The van der Waals surface area contributed by atoms with E-state index in [0.717, 1.165) is 94.6 Å². The summed E-state index contributed by atoms with van der Waals surface area (Å²) in [6.45, 7) is 37.9. The van der Waals surface area contributed by atoms with Crippen LogP contribution in [0.25, 0.3) is 0 Å². The van der Waals surface area contributed by atoms with Gasteiger partial charge in [-0.05, 0) is 121 Å². The van der Waals surface area contributed by atoms with Gasteiger partial charge in [0.25, 0.3) is 0 Å². The first kappa shape index (κ1) is 99.7. The average molecular weight is 1400 g/mol. The highest BCUT2D eigenvalue weighted by Crippen LogP contribution is 2.20. The van der Waals surface area contributed by atoms with Crippen molar-refractivity contribution in [2.75, 3.05) is 142 Å². The molecule has 0 aliphatic heterocycles. The Morgan fingerprint density at radius 1 is 0.370 bits per heavy atom. The Morgan fingerprint density at radius 3 is 1.07 bits per heavy atom. The minimum atomic E-state index is -2.70. The number of ether oxygens (including phenoxy) is 6. The predicted molar refractivity (Wildman–Crippen MR) is 365 cm³/mol. The van der Waals surface area contributed by atoms with Crippen molar-refractivity contribution in [3.63, 3.8) is 0 Å². The van der Waals surface area contributed by atoms with Crippen molar-refractivity contribution >= 4 is 71.0 Å². The summed E-state index contributed by atoms with van der Waals surface area (Å²) in [4.78, 5) is 66.7. The second-order valence-electron chi connectivity index (χ2n) is 18.9. The largest absolute Gasteiger partial charge is 0.500 e. The maximum absolute atomic E-state index is 12.0. The van der Waals surface area contributed by atoms with E-state index in [1.54, 1.807) is 70.4 Å². The summed E-state index contributed by atoms with van der Waals surface area (Å²) in [6, 6.07) is 2.51. The summed E-state index contributed by atoms with van der Waals surface area (Å²) < 4.78 is 95.0. The Bertz CT molecular complexity index is 1690. The van der Waals surface area contributed by atoms with E-state index < -0.39 is 65.1 Å². The van der Waals surface area contributed by atoms with E-state index in [4.69, 9.17) is 67.3 Å². The lowest BCUT2D eigenvalue weighted by atomic mass is 10.2. The number of esters is 6. The quantitative estimate of drug-likeness (QED) is 0.0188. The van der Waals surface area contributed by atoms with Gasteiger partial charge in [0.1, 0.15) is 6.04 Å². The highest BCUT2D eigenvalue weighted by Gasteiger charge is 2.41. The van der Waals surface area contributed by atoms with Crippen molar-refractivity contribution in [2.24, 2.45) is 0 Å². The van der Waals surface area contributed by atoms with Crippen LogP contribution in [0.5, 0.6) is 0 Å². The van der Waals surface area contributed by atoms with Crippen LogP contribution in [0.1, 0.15) is 174 Å². The molecule has 0 amide bonds. The fourth-order valence-corrected chi connectivity index (χ4v) is 16.4. The smallest absolute Gasteiger partial charge is 0.466 e. The maximum atomic E-state index is 12.0. The molecule has 0 aromatic heterocycles. The highest BCUT2D eigenvalue weighted by molar-refractivity contribution is 6.61. The first-order chi connectivity index (χ1) is 44.1. The van der Waals surface area contributed by atoms with Crippen molar-refractivity contribution in [2.45, 2.75) is 204 Å². The summed E-state index contributed by atoms with van der Waals surface area (Å²) in [7, 11) is 0.0632. The Balaban J connectivity index is -0.000000251. The topological polar surface area (TPSA) is 293 Å². The summed E-state index contributed by atoms with van der Waals surface area (Å²) in [6.07, 6.45) is 13.6. The zero-order valence-corrected chi connectivity index (χ0v) is 64.7. The molecule has 2 N–H and O–H groups in total. The van der Waals surface area contributed by atoms with E-state index in [0.29, 0.717) is 98.0 Å². The zero-order valence-electron chi connectivity index (χ0n) is 60.7. The molecule has 1 atom stereocenters. The fourth-order valence-electron chi connectivity index (χ4n) is 7.39. The lowest BCUT2D eigenvalue weighted by molar-refractivity contribution is -0.152. The molecule has 0 bridgehead atoms. The van der Waals surface area contributed by atoms with Crippen LogP contribution in [-0.2, 0) is 110 Å². The number of nitrogens with one attached hydrogen (secondary N) is 2. The van der Waals surface area contributed by atoms with Crippen molar-refractivity contribution < 1.29 is 110 Å². The first-order valence-electron chi connectivity index (χ1n) is 33.0. The molecule has 0 aromatic carbocycles. The minimum absolute atomic E-state index is 0.0579. The highest BCUT2D eigenvalue weighted by atomic mass is 28.4. The predicted octanol–water partition coefficient (Wildman–Crippen LogP) is 10.2. The standard InChI is InChI=1S/C17H35NO7Si.C13H29NO5Si.C10H24O3Si.C8H12O4.C7H18O3Si.C7H12O2/c1-6-21-16(19)14-15(17(20)22-7-2)18-12-11-13-26(23-8-3,24-9-4)25-10-5;1-5-6-11-19-13(15)8-10-14-9-7-12-20(16-2,17-3)18-4;1-5-9-10-14(11-6-2,12-7-3)13-8-4;1-3-11-7(9)5-6-8(10)12-4-2;1-5-6-7-11(8-2,9-3)10-4;1-3-5-6-9-7(8)4-2/h15,18H,6-14H2,1-5H3;14H,5-12H2,1-4H3;5-10H2,1-4H3;5-6H,3-4H2,1-2H3;5-7H2,1-4H3;4H,2-3,5-6H2,1H3/b;;;6-5-;;. The minimum Gasteiger partial charge on any atom is -0.466 e. The van der Waals surface area contributed by atoms with Crippen LogP contribution in [-0.4, -0.2) is 219 Å². The van der Waals surface area contributed by atoms with Crippen LogP contribution in [0, 0.1) is 0 Å². The molecule has 0 heterocycles. The second kappa shape index (κ2) is 71.9. The molecule has 0 aromatic rings. The number of hydrogen-bond donors (Lipinski definition) is 2. The molecule has 0 fully saturated rings. The molecular formula is C62H130N2O24Si4. The Hall–Kier alpha value is -3.39. The normalized spacial score (nSPS) is 11.5. The van der Waals surface area contributed by atoms with Crippen LogP contribution in [0.15, 0.2) is 24.8 Å². The van der Waals surface area contributed by atoms with Crippen molar-refractivity contribution in [3.8, 4) is 0 Å². The van der Waals surface area contributed by atoms with Crippen LogP contribution in [0.2, 0.25) is 24.2 Å². The molecular weight excluding hydrogens is 1270 g/mol. The van der Waals surface area contributed by atoms with E-state index in [2.05, 4.69) is 52.2 Å². The SMILES string of the molecule is C=CC(=O)OCCCC.CCCCOC(=O)CCNCCC[Si](OC)(OC)OC.CCCC[Si](OC)(OC)OC.CCCC[Si](OCC)(OCC)OCC.CCOC(=O)/C=C\C(=O)OCC.CCOC(=O)CC(NCCC[Si](OCC)(OCC)OCC)C(=O)OCC. The van der Waals surface area contributed by atoms with E-state index >= 15 is 0 Å². The molecule has 0 aliphatic carbocycles. The monoisotopic (exact) mass is 1400 g/mol. The molecule has 0 rings (SSSR count). The Labute approximate surface area is 560 Å². The fraction of sp³-hybridized carbons (Fsp3) is 0.839. The molecule has 0 saturated heterocycles. The molecule has 0 aliphatic rings. The molecule has 0 saturated carbocycles. The van der Waals surface area contributed by atoms with Crippen molar-refractivity contribution in [1.82, 2.24) is 10.6 Å². The van der Waals surface area contributed by atoms with Gasteiger partial charge < -0.3 is 92.2 Å². The lowest BCUT2D eigenvalue weighted by Gasteiger charge is -2.28. The number of hydrogen-bond acceptors (Lipinski definition) is 26. The molecule has 0 radical (unpaired) electrons. The zero-order chi connectivity index (χ0) is 71.2. The maximum Gasteiger partial charge on any atom is 0.500 e. The first-order valence-corrected chi connectivity index (χ1v) is 40.7. The van der Waals surface area contributed by atoms with Gasteiger partial charge in [0.2, 0.25) is 0 Å². The van der Waals surface area contributed by atoms with Crippen molar-refractivity contribution in [3.05, 3.63) is 24.8 Å². The van der Waals surface area contributed by atoms with Gasteiger partial charge in [0.15, 0.2) is 0 Å². The van der Waals surface area contributed by atoms with Crippen LogP contribution in [0.4, 0.5) is 0 Å². The summed E-state index contributed by atoms with van der Waals surface area (Å²) >= 11 is 0. The number of unbranched alkanes of at least 4 members (excludes halogenated alkanes) is 4. The Kier molecular flexibility index (Phi) is 77.9. The van der Waals surface area contributed by atoms with E-state index in [-0.39, 0.29) is 31.6 Å². The van der Waals surface area contributed by atoms with E-state index in [9.17, 15) is 28.8 Å². The molecule has 92 heavy (non-hydrogen) atoms. The molecule has 26 nitrogen and oxygen atoms in total. The Morgan fingerprint density at radius 2 is 0.717 bits per heavy atom. The number of rotatable bonds is 52. The van der Waals surface area contributed by atoms with Gasteiger partial charge in [-0.3, -0.25) is 14.4 Å². The third kappa shape index (κ3) is 59.1. The van der Waals surface area contributed by atoms with Crippen molar-refractivity contribution in [1.29, 1.82) is 0 Å². The van der Waals surface area contributed by atoms with Gasteiger partial charge in [0.05, 0.1) is 52.5 Å². The molecule has 30 heteroatoms. The second-order valence-corrected chi connectivity index (χ2v) is 30.5. The third-order valence-electron chi connectivity index (χ3n) is 12.0. The van der Waals surface area contributed by atoms with E-state index in [1.807, 2.05) is 48.5 Å². The van der Waals surface area contributed by atoms with Gasteiger partial charge in [0, 0.05) is 131 Å². The third-order valence-corrected chi connectivity index (χ3v) is 23.9. The van der Waals surface area contributed by atoms with Crippen LogP contribution >= 0.6 is 0 Å². The lowest BCUT2D eigenvalue weighted by Crippen LogP contribution is -2.47.